The SMILES string of the molecule is CC(C)CCC1CCN(c2nc3c(cnn3C(C)(C)C)c(=O)[nH]2)CC1. The van der Waals surface area contributed by atoms with Crippen molar-refractivity contribution < 1.29 is 0 Å². The molecule has 0 radical (unpaired) electrons. The minimum absolute atomic E-state index is 0.0996. The highest BCUT2D eigenvalue weighted by molar-refractivity contribution is 5.74. The van der Waals surface area contributed by atoms with Crippen LogP contribution in [0.4, 0.5) is 5.95 Å². The lowest BCUT2D eigenvalue weighted by molar-refractivity contribution is 0.349. The van der Waals surface area contributed by atoms with E-state index in [0.29, 0.717) is 17.0 Å². The lowest BCUT2D eigenvalue weighted by atomic mass is 9.90. The normalized spacial score (nSPS) is 17.0. The molecule has 0 atom stereocenters. The first-order chi connectivity index (χ1) is 11.8. The average Bonchev–Trinajstić information content (AvgIpc) is 2.98. The number of fused-ring (bicyclic) bond motifs is 1. The number of H-pyrrole nitrogens is 1. The molecule has 2 aromatic heterocycles. The molecule has 0 bridgehead atoms. The Morgan fingerprint density at radius 3 is 2.56 bits per heavy atom. The van der Waals surface area contributed by atoms with E-state index in [0.717, 1.165) is 24.9 Å². The van der Waals surface area contributed by atoms with Crippen molar-refractivity contribution >= 4 is 17.0 Å². The fraction of sp³-hybridized carbons (Fsp3) is 0.737. The predicted molar refractivity (Wildman–Crippen MR) is 102 cm³/mol. The molecule has 1 N–H and O–H groups in total. The van der Waals surface area contributed by atoms with Gasteiger partial charge in [0.2, 0.25) is 5.95 Å². The third-order valence-electron chi connectivity index (χ3n) is 5.13. The van der Waals surface area contributed by atoms with Crippen LogP contribution in [0, 0.1) is 11.8 Å². The smallest absolute Gasteiger partial charge is 0.263 e. The van der Waals surface area contributed by atoms with Gasteiger partial charge in [0, 0.05) is 13.1 Å². The number of hydrogen-bond donors (Lipinski definition) is 1. The molecular weight excluding hydrogens is 314 g/mol. The number of aromatic nitrogens is 4. The van der Waals surface area contributed by atoms with Gasteiger partial charge in [-0.15, -0.1) is 0 Å². The van der Waals surface area contributed by atoms with Crippen LogP contribution in [-0.4, -0.2) is 32.8 Å². The summed E-state index contributed by atoms with van der Waals surface area (Å²) in [5.41, 5.74) is 0.370. The molecule has 1 aliphatic heterocycles. The average molecular weight is 345 g/mol. The summed E-state index contributed by atoms with van der Waals surface area (Å²) in [6, 6.07) is 0. The molecule has 0 spiro atoms. The van der Waals surface area contributed by atoms with Crippen LogP contribution < -0.4 is 10.5 Å². The van der Waals surface area contributed by atoms with Crippen LogP contribution in [0.5, 0.6) is 0 Å². The highest BCUT2D eigenvalue weighted by atomic mass is 16.1. The van der Waals surface area contributed by atoms with Gasteiger partial charge in [-0.1, -0.05) is 26.7 Å². The lowest BCUT2D eigenvalue weighted by Gasteiger charge is -2.32. The molecule has 0 aliphatic carbocycles. The van der Waals surface area contributed by atoms with E-state index in [9.17, 15) is 4.79 Å². The third-order valence-corrected chi connectivity index (χ3v) is 5.13. The van der Waals surface area contributed by atoms with Gasteiger partial charge in [0.05, 0.1) is 11.7 Å². The maximum absolute atomic E-state index is 12.4. The first-order valence-corrected chi connectivity index (χ1v) is 9.49. The Morgan fingerprint density at radius 2 is 1.96 bits per heavy atom. The molecule has 0 amide bonds. The Balaban J connectivity index is 1.80. The fourth-order valence-corrected chi connectivity index (χ4v) is 3.55. The summed E-state index contributed by atoms with van der Waals surface area (Å²) in [5.74, 6) is 2.26. The fourth-order valence-electron chi connectivity index (χ4n) is 3.55. The third kappa shape index (κ3) is 3.88. The van der Waals surface area contributed by atoms with Gasteiger partial charge in [-0.3, -0.25) is 9.78 Å². The summed E-state index contributed by atoms with van der Waals surface area (Å²) in [5, 5.41) is 4.94. The van der Waals surface area contributed by atoms with Crippen molar-refractivity contribution in [3.05, 3.63) is 16.6 Å². The number of nitrogens with zero attached hydrogens (tertiary/aromatic N) is 4. The zero-order valence-electron chi connectivity index (χ0n) is 16.2. The van der Waals surface area contributed by atoms with E-state index in [1.165, 1.54) is 25.7 Å². The molecule has 1 saturated heterocycles. The summed E-state index contributed by atoms with van der Waals surface area (Å²) in [7, 11) is 0. The van der Waals surface area contributed by atoms with Crippen LogP contribution in [-0.2, 0) is 5.54 Å². The van der Waals surface area contributed by atoms with Gasteiger partial charge >= 0.3 is 0 Å². The molecule has 3 rings (SSSR count). The van der Waals surface area contributed by atoms with Crippen molar-refractivity contribution in [1.82, 2.24) is 19.7 Å². The van der Waals surface area contributed by atoms with Gasteiger partial charge in [-0.25, -0.2) is 4.68 Å². The summed E-state index contributed by atoms with van der Waals surface area (Å²) < 4.78 is 1.84. The largest absolute Gasteiger partial charge is 0.342 e. The second-order valence-electron chi connectivity index (χ2n) is 8.76. The molecular formula is C19H31N5O. The molecule has 1 fully saturated rings. The molecule has 0 aromatic carbocycles. The minimum atomic E-state index is -0.205. The van der Waals surface area contributed by atoms with E-state index in [2.05, 4.69) is 49.6 Å². The van der Waals surface area contributed by atoms with Crippen LogP contribution in [0.1, 0.15) is 60.3 Å². The molecule has 0 saturated carbocycles. The summed E-state index contributed by atoms with van der Waals surface area (Å²) in [6.07, 6.45) is 6.58. The Hall–Kier alpha value is -1.85. The van der Waals surface area contributed by atoms with Gasteiger partial charge in [-0.2, -0.15) is 10.1 Å². The zero-order valence-corrected chi connectivity index (χ0v) is 16.2. The van der Waals surface area contributed by atoms with Crippen LogP contribution in [0.3, 0.4) is 0 Å². The Kier molecular flexibility index (Phi) is 4.89. The van der Waals surface area contributed by atoms with Gasteiger partial charge in [0.25, 0.3) is 5.56 Å². The maximum atomic E-state index is 12.4. The molecule has 138 valence electrons. The number of rotatable bonds is 4. The molecule has 2 aromatic rings. The van der Waals surface area contributed by atoms with Crippen LogP contribution in [0.25, 0.3) is 11.0 Å². The van der Waals surface area contributed by atoms with E-state index in [1.54, 1.807) is 6.20 Å². The summed E-state index contributed by atoms with van der Waals surface area (Å²) in [4.78, 5) is 22.4. The standard InChI is InChI=1S/C19H31N5O/c1-13(2)6-7-14-8-10-23(11-9-14)18-21-16-15(17(25)22-18)12-20-24(16)19(3,4)5/h12-14H,6-11H2,1-5H3,(H,21,22,25). The first kappa shape index (κ1) is 18.0. The zero-order chi connectivity index (χ0) is 18.2. The summed E-state index contributed by atoms with van der Waals surface area (Å²) >= 11 is 0. The van der Waals surface area contributed by atoms with Crippen molar-refractivity contribution in [2.45, 2.75) is 65.8 Å². The Bertz CT molecular complexity index is 775. The summed E-state index contributed by atoms with van der Waals surface area (Å²) in [6.45, 7) is 12.7. The monoisotopic (exact) mass is 345 g/mol. The van der Waals surface area contributed by atoms with Crippen molar-refractivity contribution in [3.8, 4) is 0 Å². The molecule has 3 heterocycles. The van der Waals surface area contributed by atoms with Gasteiger partial charge in [0.1, 0.15) is 5.39 Å². The molecule has 1 aliphatic rings. The molecule has 25 heavy (non-hydrogen) atoms. The van der Waals surface area contributed by atoms with Crippen molar-refractivity contribution in [2.24, 2.45) is 11.8 Å². The van der Waals surface area contributed by atoms with Crippen molar-refractivity contribution in [1.29, 1.82) is 0 Å². The highest BCUT2D eigenvalue weighted by Crippen LogP contribution is 2.26. The van der Waals surface area contributed by atoms with E-state index >= 15 is 0 Å². The van der Waals surface area contributed by atoms with Gasteiger partial charge in [-0.05, 0) is 45.4 Å². The van der Waals surface area contributed by atoms with E-state index < -0.39 is 0 Å². The second kappa shape index (κ2) is 6.81. The van der Waals surface area contributed by atoms with Crippen LogP contribution in [0.2, 0.25) is 0 Å². The van der Waals surface area contributed by atoms with Gasteiger partial charge < -0.3 is 4.90 Å². The van der Waals surface area contributed by atoms with Crippen molar-refractivity contribution in [3.63, 3.8) is 0 Å². The number of piperidine rings is 1. The van der Waals surface area contributed by atoms with E-state index in [4.69, 9.17) is 4.98 Å². The quantitative estimate of drug-likeness (QED) is 0.920. The number of anilines is 1. The Morgan fingerprint density at radius 1 is 1.28 bits per heavy atom. The first-order valence-electron chi connectivity index (χ1n) is 9.49. The molecule has 6 heteroatoms. The van der Waals surface area contributed by atoms with Gasteiger partial charge in [0.15, 0.2) is 5.65 Å². The number of aromatic amines is 1. The maximum Gasteiger partial charge on any atom is 0.263 e. The Labute approximate surface area is 149 Å². The van der Waals surface area contributed by atoms with E-state index in [1.807, 2.05) is 4.68 Å². The topological polar surface area (TPSA) is 66.8 Å². The number of nitrogens with one attached hydrogen (secondary N) is 1. The van der Waals surface area contributed by atoms with Crippen LogP contribution >= 0.6 is 0 Å². The number of hydrogen-bond acceptors (Lipinski definition) is 4. The lowest BCUT2D eigenvalue weighted by Crippen LogP contribution is -2.36. The van der Waals surface area contributed by atoms with Crippen molar-refractivity contribution in [2.75, 3.05) is 18.0 Å². The molecule has 6 nitrogen and oxygen atoms in total. The minimum Gasteiger partial charge on any atom is -0.342 e. The molecule has 0 unspecified atom stereocenters. The highest BCUT2D eigenvalue weighted by Gasteiger charge is 2.24. The van der Waals surface area contributed by atoms with E-state index in [-0.39, 0.29) is 11.1 Å². The van der Waals surface area contributed by atoms with Crippen LogP contribution in [0.15, 0.2) is 11.0 Å². The second-order valence-corrected chi connectivity index (χ2v) is 8.76. The predicted octanol–water partition coefficient (Wildman–Crippen LogP) is 3.53.